The van der Waals surface area contributed by atoms with Crippen LogP contribution in [0.5, 0.6) is 0 Å². The number of rotatable bonds is 5. The molecule has 2 aromatic carbocycles. The molecule has 0 spiro atoms. The average Bonchev–Trinajstić information content (AvgIpc) is 2.74. The van der Waals surface area contributed by atoms with Crippen molar-refractivity contribution in [1.29, 1.82) is 0 Å². The summed E-state index contributed by atoms with van der Waals surface area (Å²) in [6.45, 7) is 2.03. The number of aromatic nitrogens is 1. The summed E-state index contributed by atoms with van der Waals surface area (Å²) in [5.41, 5.74) is 1.31. The number of aliphatic hydroxyl groups excluding tert-OH is 1. The molecule has 3 rings (SSSR count). The molecular weight excluding hydrogens is 409 g/mol. The van der Waals surface area contributed by atoms with Gasteiger partial charge in [0.25, 0.3) is 5.70 Å². The lowest BCUT2D eigenvalue weighted by Gasteiger charge is -2.12. The van der Waals surface area contributed by atoms with Crippen molar-refractivity contribution in [3.8, 4) is 0 Å². The predicted molar refractivity (Wildman–Crippen MR) is 116 cm³/mol. The Bertz CT molecular complexity index is 1060. The van der Waals surface area contributed by atoms with E-state index in [9.17, 15) is 18.3 Å². The zero-order chi connectivity index (χ0) is 21.7. The fourth-order valence-corrected chi connectivity index (χ4v) is 3.21. The van der Waals surface area contributed by atoms with E-state index in [0.717, 1.165) is 24.1 Å². The van der Waals surface area contributed by atoms with E-state index in [1.165, 1.54) is 12.1 Å². The van der Waals surface area contributed by atoms with Crippen molar-refractivity contribution >= 4 is 34.3 Å². The Morgan fingerprint density at radius 3 is 2.27 bits per heavy atom. The van der Waals surface area contributed by atoms with Crippen LogP contribution in [0.1, 0.15) is 23.6 Å². The molecule has 0 radical (unpaired) electrons. The first kappa shape index (κ1) is 21.5. The standard InChI is InChI=1S/C23H19F3N2OS/c1-2-16-9-11-17(12-10-16)21(29)20(28-13-4-3-5-14-28)22(30)27-19-8-6-7-18(15-19)23(24,25)26/h3-15H,2H2,1H3,(H-,27,29,30)/p+1. The first-order valence-corrected chi connectivity index (χ1v) is 9.68. The molecule has 30 heavy (non-hydrogen) atoms. The van der Waals surface area contributed by atoms with Gasteiger partial charge in [-0.15, -0.1) is 0 Å². The van der Waals surface area contributed by atoms with Crippen molar-refractivity contribution in [3.05, 3.63) is 95.8 Å². The van der Waals surface area contributed by atoms with E-state index in [1.54, 1.807) is 41.2 Å². The van der Waals surface area contributed by atoms with Crippen LogP contribution in [-0.4, -0.2) is 10.1 Å². The lowest BCUT2D eigenvalue weighted by Crippen LogP contribution is -2.38. The quantitative estimate of drug-likeness (QED) is 0.230. The molecule has 0 fully saturated rings. The molecule has 0 aliphatic carbocycles. The third kappa shape index (κ3) is 5.04. The third-order valence-electron chi connectivity index (χ3n) is 4.50. The highest BCUT2D eigenvalue weighted by atomic mass is 32.1. The summed E-state index contributed by atoms with van der Waals surface area (Å²) in [4.78, 5) is 0.0857. The van der Waals surface area contributed by atoms with E-state index in [0.29, 0.717) is 5.56 Å². The molecule has 0 bridgehead atoms. The number of pyridine rings is 1. The van der Waals surface area contributed by atoms with Crippen molar-refractivity contribution in [2.45, 2.75) is 19.5 Å². The highest BCUT2D eigenvalue weighted by Gasteiger charge is 2.31. The van der Waals surface area contributed by atoms with Crippen LogP contribution < -0.4 is 9.88 Å². The number of aryl methyl sites for hydroxylation is 1. The summed E-state index contributed by atoms with van der Waals surface area (Å²) in [5, 5.41) is 13.8. The van der Waals surface area contributed by atoms with Gasteiger partial charge in [0.2, 0.25) is 0 Å². The van der Waals surface area contributed by atoms with Gasteiger partial charge < -0.3 is 10.4 Å². The van der Waals surface area contributed by atoms with Crippen LogP contribution in [0.4, 0.5) is 18.9 Å². The molecule has 1 heterocycles. The Morgan fingerprint density at radius 1 is 1.00 bits per heavy atom. The minimum atomic E-state index is -4.46. The highest BCUT2D eigenvalue weighted by Crippen LogP contribution is 2.31. The van der Waals surface area contributed by atoms with Crippen molar-refractivity contribution < 1.29 is 22.8 Å². The highest BCUT2D eigenvalue weighted by molar-refractivity contribution is 7.81. The number of anilines is 1. The first-order valence-electron chi connectivity index (χ1n) is 9.27. The van der Waals surface area contributed by atoms with Crippen LogP contribution in [0.25, 0.3) is 11.5 Å². The van der Waals surface area contributed by atoms with Gasteiger partial charge in [-0.1, -0.05) is 55.5 Å². The van der Waals surface area contributed by atoms with Gasteiger partial charge in [0.05, 0.1) is 5.56 Å². The van der Waals surface area contributed by atoms with E-state index < -0.39 is 11.7 Å². The lowest BCUT2D eigenvalue weighted by atomic mass is 10.1. The van der Waals surface area contributed by atoms with Gasteiger partial charge in [-0.2, -0.15) is 17.7 Å². The Labute approximate surface area is 178 Å². The summed E-state index contributed by atoms with van der Waals surface area (Å²) in [7, 11) is 0. The maximum Gasteiger partial charge on any atom is 0.416 e. The number of aliphatic hydroxyl groups is 1. The van der Waals surface area contributed by atoms with Crippen LogP contribution in [0.15, 0.2) is 79.1 Å². The Balaban J connectivity index is 2.02. The van der Waals surface area contributed by atoms with Crippen LogP contribution in [-0.2, 0) is 12.6 Å². The fraction of sp³-hybridized carbons (Fsp3) is 0.130. The zero-order valence-corrected chi connectivity index (χ0v) is 17.0. The van der Waals surface area contributed by atoms with Crippen molar-refractivity contribution in [3.63, 3.8) is 0 Å². The summed E-state index contributed by atoms with van der Waals surface area (Å²) < 4.78 is 40.7. The molecule has 0 unspecified atom stereocenters. The molecule has 0 amide bonds. The maximum atomic E-state index is 13.0. The second-order valence-electron chi connectivity index (χ2n) is 6.56. The number of nitrogens with one attached hydrogen (secondary N) is 1. The van der Waals surface area contributed by atoms with Crippen molar-refractivity contribution in [2.75, 3.05) is 5.32 Å². The maximum absolute atomic E-state index is 13.0. The molecule has 154 valence electrons. The fourth-order valence-electron chi connectivity index (χ4n) is 2.89. The zero-order valence-electron chi connectivity index (χ0n) is 16.1. The van der Waals surface area contributed by atoms with Gasteiger partial charge in [0.1, 0.15) is 0 Å². The molecule has 0 saturated heterocycles. The second-order valence-corrected chi connectivity index (χ2v) is 6.97. The Hall–Kier alpha value is -3.19. The molecule has 7 heteroatoms. The smallest absolute Gasteiger partial charge is 0.416 e. The van der Waals surface area contributed by atoms with E-state index in [4.69, 9.17) is 12.2 Å². The van der Waals surface area contributed by atoms with Gasteiger partial charge in [-0.05, 0) is 30.2 Å². The summed E-state index contributed by atoms with van der Waals surface area (Å²) >= 11 is 5.47. The van der Waals surface area contributed by atoms with Gasteiger partial charge in [-0.25, -0.2) is 0 Å². The van der Waals surface area contributed by atoms with Gasteiger partial charge in [-0.3, -0.25) is 0 Å². The normalized spacial score (nSPS) is 12.3. The Kier molecular flexibility index (Phi) is 6.52. The number of benzene rings is 2. The molecule has 2 N–H and O–H groups in total. The number of thiocarbonyl (C=S) groups is 1. The summed E-state index contributed by atoms with van der Waals surface area (Å²) in [5.74, 6) is -0.0849. The van der Waals surface area contributed by atoms with Gasteiger partial charge in [0.15, 0.2) is 23.1 Å². The minimum absolute atomic E-state index is 0.0849. The van der Waals surface area contributed by atoms with Crippen molar-refractivity contribution in [2.24, 2.45) is 0 Å². The molecule has 1 aromatic heterocycles. The lowest BCUT2D eigenvalue weighted by molar-refractivity contribution is -0.575. The Morgan fingerprint density at radius 2 is 1.67 bits per heavy atom. The van der Waals surface area contributed by atoms with Gasteiger partial charge in [0, 0.05) is 23.4 Å². The molecule has 0 aliphatic heterocycles. The summed E-state index contributed by atoms with van der Waals surface area (Å²) in [6.07, 6.45) is -0.200. The van der Waals surface area contributed by atoms with Crippen molar-refractivity contribution in [1.82, 2.24) is 0 Å². The molecule has 3 nitrogen and oxygen atoms in total. The second kappa shape index (κ2) is 9.09. The van der Waals surface area contributed by atoms with E-state index in [-0.39, 0.29) is 22.1 Å². The number of hydrogen-bond donors (Lipinski definition) is 2. The summed E-state index contributed by atoms with van der Waals surface area (Å²) in [6, 6.07) is 17.5. The molecule has 3 aromatic rings. The number of alkyl halides is 3. The molecular formula is C23H20F3N2OS+. The number of hydrogen-bond acceptors (Lipinski definition) is 2. The topological polar surface area (TPSA) is 36.1 Å². The third-order valence-corrected chi connectivity index (χ3v) is 4.79. The predicted octanol–water partition coefficient (Wildman–Crippen LogP) is 5.88. The van der Waals surface area contributed by atoms with E-state index in [1.807, 2.05) is 25.1 Å². The van der Waals surface area contributed by atoms with Gasteiger partial charge >= 0.3 is 6.18 Å². The largest absolute Gasteiger partial charge is 0.502 e. The monoisotopic (exact) mass is 429 g/mol. The first-order chi connectivity index (χ1) is 14.3. The van der Waals surface area contributed by atoms with Crippen LogP contribution in [0.2, 0.25) is 0 Å². The van der Waals surface area contributed by atoms with Crippen LogP contribution in [0, 0.1) is 0 Å². The van der Waals surface area contributed by atoms with E-state index in [2.05, 4.69) is 5.32 Å². The van der Waals surface area contributed by atoms with Crippen LogP contribution >= 0.6 is 12.2 Å². The minimum Gasteiger partial charge on any atom is -0.502 e. The number of halogens is 3. The average molecular weight is 429 g/mol. The van der Waals surface area contributed by atoms with Crippen LogP contribution in [0.3, 0.4) is 0 Å². The molecule has 0 aliphatic rings. The van der Waals surface area contributed by atoms with E-state index >= 15 is 0 Å². The molecule has 0 saturated carbocycles. The number of nitrogens with zero attached hydrogens (tertiary/aromatic N) is 1. The molecule has 0 atom stereocenters. The SMILES string of the molecule is CCc1ccc(/C(O)=C(/C(=S)Nc2cccc(C(F)(F)F)c2)[n+]2ccccc2)cc1.